The first kappa shape index (κ1) is 13.8. The summed E-state index contributed by atoms with van der Waals surface area (Å²) in [4.78, 5) is 0. The maximum Gasteiger partial charge on any atom is 0.0682 e. The van der Waals surface area contributed by atoms with Crippen LogP contribution in [0.4, 0.5) is 0 Å². The molecular formula is C17H19O2. The van der Waals surface area contributed by atoms with Gasteiger partial charge in [-0.05, 0) is 53.6 Å². The van der Waals surface area contributed by atoms with Crippen molar-refractivity contribution >= 4 is 0 Å². The fourth-order valence-corrected chi connectivity index (χ4v) is 2.02. The van der Waals surface area contributed by atoms with Gasteiger partial charge in [-0.2, -0.15) is 0 Å². The minimum Gasteiger partial charge on any atom is -0.396 e. The number of aliphatic hydroxyl groups is 2. The molecule has 0 heterocycles. The largest absolute Gasteiger partial charge is 0.396 e. The molecule has 99 valence electrons. The Morgan fingerprint density at radius 3 is 2.11 bits per heavy atom. The summed E-state index contributed by atoms with van der Waals surface area (Å²) in [7, 11) is 0. The first-order valence-corrected chi connectivity index (χ1v) is 6.61. The van der Waals surface area contributed by atoms with Crippen LogP contribution in [0.1, 0.15) is 28.7 Å². The van der Waals surface area contributed by atoms with Gasteiger partial charge in [-0.25, -0.2) is 0 Å². The lowest BCUT2D eigenvalue weighted by atomic mass is 10.0. The summed E-state index contributed by atoms with van der Waals surface area (Å²) in [5.41, 5.74) is 4.53. The number of hydrogen-bond donors (Lipinski definition) is 2. The van der Waals surface area contributed by atoms with E-state index in [9.17, 15) is 0 Å². The van der Waals surface area contributed by atoms with Crippen molar-refractivity contribution in [1.29, 1.82) is 0 Å². The van der Waals surface area contributed by atoms with Crippen LogP contribution in [0, 0.1) is 6.07 Å². The van der Waals surface area contributed by atoms with Crippen molar-refractivity contribution < 1.29 is 10.2 Å². The Balaban J connectivity index is 1.98. The van der Waals surface area contributed by atoms with Crippen molar-refractivity contribution in [3.05, 3.63) is 70.8 Å². The Kier molecular flexibility index (Phi) is 5.13. The van der Waals surface area contributed by atoms with Crippen LogP contribution in [0.25, 0.3) is 0 Å². The molecule has 0 saturated heterocycles. The van der Waals surface area contributed by atoms with E-state index in [1.165, 1.54) is 11.1 Å². The highest BCUT2D eigenvalue weighted by molar-refractivity contribution is 5.29. The molecule has 0 saturated carbocycles. The van der Waals surface area contributed by atoms with Gasteiger partial charge in [0.15, 0.2) is 0 Å². The van der Waals surface area contributed by atoms with Crippen molar-refractivity contribution in [2.75, 3.05) is 6.61 Å². The van der Waals surface area contributed by atoms with Crippen LogP contribution in [-0.4, -0.2) is 16.8 Å². The molecule has 0 aromatic heterocycles. The second-order valence-electron chi connectivity index (χ2n) is 4.70. The van der Waals surface area contributed by atoms with E-state index in [-0.39, 0.29) is 13.2 Å². The smallest absolute Gasteiger partial charge is 0.0682 e. The third-order valence-electron chi connectivity index (χ3n) is 3.17. The van der Waals surface area contributed by atoms with E-state index in [0.717, 1.165) is 30.4 Å². The zero-order valence-electron chi connectivity index (χ0n) is 11.0. The van der Waals surface area contributed by atoms with E-state index in [4.69, 9.17) is 10.2 Å². The minimum atomic E-state index is 0.0658. The van der Waals surface area contributed by atoms with Crippen molar-refractivity contribution in [2.45, 2.75) is 25.9 Å². The third-order valence-corrected chi connectivity index (χ3v) is 3.17. The number of hydrogen-bond acceptors (Lipinski definition) is 2. The third kappa shape index (κ3) is 4.19. The number of aliphatic hydroxyl groups excluding tert-OH is 2. The topological polar surface area (TPSA) is 40.5 Å². The van der Waals surface area contributed by atoms with E-state index in [0.29, 0.717) is 0 Å². The molecule has 0 atom stereocenters. The predicted octanol–water partition coefficient (Wildman–Crippen LogP) is 2.49. The number of benzene rings is 2. The maximum atomic E-state index is 8.98. The monoisotopic (exact) mass is 255 g/mol. The van der Waals surface area contributed by atoms with Crippen LogP contribution in [0.3, 0.4) is 0 Å². The van der Waals surface area contributed by atoms with Crippen LogP contribution in [-0.2, 0) is 19.4 Å². The average molecular weight is 255 g/mol. The van der Waals surface area contributed by atoms with Gasteiger partial charge in [0.25, 0.3) is 0 Å². The highest BCUT2D eigenvalue weighted by Gasteiger charge is 1.99. The van der Waals surface area contributed by atoms with Gasteiger partial charge in [-0.3, -0.25) is 0 Å². The molecule has 0 spiro atoms. The molecule has 0 bridgehead atoms. The summed E-state index contributed by atoms with van der Waals surface area (Å²) in [6, 6.07) is 17.5. The van der Waals surface area contributed by atoms with Crippen molar-refractivity contribution in [1.82, 2.24) is 0 Å². The Bertz CT molecular complexity index is 486. The van der Waals surface area contributed by atoms with E-state index < -0.39 is 0 Å². The molecule has 2 heteroatoms. The van der Waals surface area contributed by atoms with Gasteiger partial charge in [0.05, 0.1) is 6.61 Å². The van der Waals surface area contributed by atoms with Gasteiger partial charge in [-0.1, -0.05) is 36.4 Å². The predicted molar refractivity (Wildman–Crippen MR) is 75.9 cm³/mol. The van der Waals surface area contributed by atoms with Crippen molar-refractivity contribution in [2.24, 2.45) is 0 Å². The summed E-state index contributed by atoms with van der Waals surface area (Å²) in [6.45, 7) is 0.310. The normalized spacial score (nSPS) is 10.6. The second kappa shape index (κ2) is 7.07. The highest BCUT2D eigenvalue weighted by atomic mass is 16.3. The van der Waals surface area contributed by atoms with Crippen LogP contribution < -0.4 is 0 Å². The van der Waals surface area contributed by atoms with Gasteiger partial charge < -0.3 is 10.2 Å². The molecule has 2 aromatic carbocycles. The standard InChI is InChI=1S/C17H19O2/c18-11-1-2-14-3-5-15(6-4-14)12-16-7-9-17(13-19)10-8-16/h3-7,9-10,18-19H,1-2,11-13H2. The summed E-state index contributed by atoms with van der Waals surface area (Å²) < 4.78 is 0. The molecule has 0 aliphatic rings. The van der Waals surface area contributed by atoms with E-state index in [1.807, 2.05) is 18.2 Å². The molecule has 0 fully saturated rings. The molecule has 19 heavy (non-hydrogen) atoms. The Morgan fingerprint density at radius 1 is 0.842 bits per heavy atom. The van der Waals surface area contributed by atoms with E-state index >= 15 is 0 Å². The molecule has 0 aliphatic carbocycles. The summed E-state index contributed by atoms with van der Waals surface area (Å²) in [5, 5.41) is 17.8. The van der Waals surface area contributed by atoms with Gasteiger partial charge >= 0.3 is 0 Å². The molecule has 2 rings (SSSR count). The minimum absolute atomic E-state index is 0.0658. The summed E-state index contributed by atoms with van der Waals surface area (Å²) >= 11 is 0. The van der Waals surface area contributed by atoms with E-state index in [2.05, 4.69) is 30.3 Å². The number of rotatable bonds is 6. The Morgan fingerprint density at radius 2 is 1.53 bits per heavy atom. The molecule has 0 unspecified atom stereocenters. The summed E-state index contributed by atoms with van der Waals surface area (Å²) in [5.74, 6) is 0. The van der Waals surface area contributed by atoms with Crippen molar-refractivity contribution in [3.63, 3.8) is 0 Å². The van der Waals surface area contributed by atoms with E-state index in [1.54, 1.807) is 0 Å². The molecule has 0 aliphatic heterocycles. The molecule has 0 amide bonds. The first-order valence-electron chi connectivity index (χ1n) is 6.61. The number of aryl methyl sites for hydroxylation is 1. The van der Waals surface area contributed by atoms with Gasteiger partial charge in [0.2, 0.25) is 0 Å². The second-order valence-corrected chi connectivity index (χ2v) is 4.70. The lowest BCUT2D eigenvalue weighted by molar-refractivity contribution is 0.282. The quantitative estimate of drug-likeness (QED) is 0.832. The van der Waals surface area contributed by atoms with Crippen LogP contribution in [0.2, 0.25) is 0 Å². The van der Waals surface area contributed by atoms with Crippen LogP contribution >= 0.6 is 0 Å². The summed E-state index contributed by atoms with van der Waals surface area (Å²) in [6.07, 6.45) is 2.59. The highest BCUT2D eigenvalue weighted by Crippen LogP contribution is 2.12. The lowest BCUT2D eigenvalue weighted by Gasteiger charge is -2.05. The fraction of sp³-hybridized carbons (Fsp3) is 0.294. The van der Waals surface area contributed by atoms with Crippen molar-refractivity contribution in [3.8, 4) is 0 Å². The molecule has 2 aromatic rings. The van der Waals surface area contributed by atoms with Gasteiger partial charge in [0.1, 0.15) is 0 Å². The zero-order valence-corrected chi connectivity index (χ0v) is 11.0. The molecule has 1 radical (unpaired) electrons. The molecule has 2 nitrogen and oxygen atoms in total. The lowest BCUT2D eigenvalue weighted by Crippen LogP contribution is -1.92. The first-order chi connectivity index (χ1) is 9.31. The molecular weight excluding hydrogens is 236 g/mol. The molecule has 2 N–H and O–H groups in total. The fourth-order valence-electron chi connectivity index (χ4n) is 2.02. The Hall–Kier alpha value is -1.64. The van der Waals surface area contributed by atoms with Gasteiger partial charge in [-0.15, -0.1) is 0 Å². The SMILES string of the molecule is OCCCc1ccc(Cc2[c]cc(CO)cc2)cc1. The average Bonchev–Trinajstić information content (AvgIpc) is 2.47. The Labute approximate surface area is 114 Å². The maximum absolute atomic E-state index is 8.98. The van der Waals surface area contributed by atoms with Crippen LogP contribution in [0.5, 0.6) is 0 Å². The van der Waals surface area contributed by atoms with Gasteiger partial charge in [0, 0.05) is 6.61 Å². The zero-order chi connectivity index (χ0) is 13.5. The van der Waals surface area contributed by atoms with Crippen LogP contribution in [0.15, 0.2) is 42.5 Å².